The molecule has 3 aromatic carbocycles. The molecule has 0 radical (unpaired) electrons. The van der Waals surface area contributed by atoms with Crippen molar-refractivity contribution >= 4 is 50.0 Å². The minimum absolute atomic E-state index is 0.0536. The molecule has 0 unspecified atom stereocenters. The van der Waals surface area contributed by atoms with Crippen LogP contribution in [0.2, 0.25) is 0 Å². The van der Waals surface area contributed by atoms with E-state index >= 15 is 0 Å². The molecule has 11 heteroatoms. The van der Waals surface area contributed by atoms with E-state index in [0.29, 0.717) is 22.7 Å². The van der Waals surface area contributed by atoms with Gasteiger partial charge < -0.3 is 5.32 Å². The normalized spacial score (nSPS) is 11.4. The first-order valence-electron chi connectivity index (χ1n) is 9.95. The van der Waals surface area contributed by atoms with Gasteiger partial charge in [-0.15, -0.1) is 0 Å². The molecule has 3 aromatic heterocycles. The van der Waals surface area contributed by atoms with Crippen molar-refractivity contribution in [2.75, 3.05) is 5.32 Å². The highest BCUT2D eigenvalue weighted by Gasteiger charge is 2.26. The van der Waals surface area contributed by atoms with Crippen molar-refractivity contribution in [2.45, 2.75) is 0 Å². The number of benzene rings is 3. The van der Waals surface area contributed by atoms with Crippen LogP contribution in [0.25, 0.3) is 44.1 Å². The van der Waals surface area contributed by atoms with Gasteiger partial charge in [0.25, 0.3) is 11.2 Å². The first-order valence-corrected chi connectivity index (χ1v) is 9.95. The molecule has 0 aliphatic heterocycles. The van der Waals surface area contributed by atoms with Crippen LogP contribution in [0.4, 0.5) is 17.3 Å². The molecule has 0 saturated heterocycles. The Balaban J connectivity index is 1.60. The smallest absolute Gasteiger partial charge is 0.295 e. The lowest BCUT2D eigenvalue weighted by molar-refractivity contribution is -0.382. The zero-order valence-corrected chi connectivity index (χ0v) is 16.8. The van der Waals surface area contributed by atoms with Crippen LogP contribution in [0.1, 0.15) is 0 Å². The van der Waals surface area contributed by atoms with Gasteiger partial charge in [0.2, 0.25) is 0 Å². The van der Waals surface area contributed by atoms with Gasteiger partial charge in [-0.05, 0) is 36.4 Å². The molecule has 33 heavy (non-hydrogen) atoms. The van der Waals surface area contributed by atoms with E-state index in [-0.39, 0.29) is 22.5 Å². The number of hydrogen-bond donors (Lipinski definition) is 4. The molecular weight excluding hydrogens is 424 g/mol. The van der Waals surface area contributed by atoms with Crippen LogP contribution in [0.15, 0.2) is 65.5 Å². The van der Waals surface area contributed by atoms with Crippen molar-refractivity contribution in [3.63, 3.8) is 0 Å². The number of para-hydroxylation sites is 2. The quantitative estimate of drug-likeness (QED) is 0.239. The molecule has 0 fully saturated rings. The van der Waals surface area contributed by atoms with E-state index < -0.39 is 10.5 Å². The van der Waals surface area contributed by atoms with Crippen LogP contribution < -0.4 is 10.9 Å². The number of H-pyrrole nitrogens is 3. The Bertz CT molecular complexity index is 1760. The number of hydrogen-bond acceptors (Lipinski definition) is 7. The van der Waals surface area contributed by atoms with Crippen molar-refractivity contribution in [2.24, 2.45) is 0 Å². The summed E-state index contributed by atoms with van der Waals surface area (Å²) in [5.74, 6) is 1.11. The number of nitrogens with one attached hydrogen (secondary N) is 4. The first-order chi connectivity index (χ1) is 16.1. The maximum absolute atomic E-state index is 12.2. The van der Waals surface area contributed by atoms with Gasteiger partial charge in [-0.2, -0.15) is 5.10 Å². The van der Waals surface area contributed by atoms with Crippen LogP contribution in [0.3, 0.4) is 0 Å². The highest BCUT2D eigenvalue weighted by molar-refractivity contribution is 5.99. The summed E-state index contributed by atoms with van der Waals surface area (Å²) in [6.45, 7) is 0. The van der Waals surface area contributed by atoms with Crippen LogP contribution in [0.5, 0.6) is 0 Å². The molecular formula is C22H14N8O3. The molecule has 0 amide bonds. The van der Waals surface area contributed by atoms with Gasteiger partial charge in [0.1, 0.15) is 11.2 Å². The van der Waals surface area contributed by atoms with Gasteiger partial charge in [0, 0.05) is 10.8 Å². The number of nitro groups is 1. The fourth-order valence-corrected chi connectivity index (χ4v) is 3.95. The summed E-state index contributed by atoms with van der Waals surface area (Å²) >= 11 is 0. The molecule has 0 aliphatic carbocycles. The minimum atomic E-state index is -0.590. The number of nitrogens with zero attached hydrogens (tertiary/aromatic N) is 4. The Kier molecular flexibility index (Phi) is 3.96. The molecule has 3 heterocycles. The minimum Gasteiger partial charge on any atom is -0.322 e. The van der Waals surface area contributed by atoms with Crippen LogP contribution >= 0.6 is 0 Å². The Morgan fingerprint density at radius 2 is 1.64 bits per heavy atom. The highest BCUT2D eigenvalue weighted by atomic mass is 16.6. The average Bonchev–Trinajstić information content (AvgIpc) is 3.42. The lowest BCUT2D eigenvalue weighted by Crippen LogP contribution is -2.05. The number of anilines is 2. The number of nitro benzene ring substituents is 1. The van der Waals surface area contributed by atoms with Crippen LogP contribution in [0, 0.1) is 10.1 Å². The van der Waals surface area contributed by atoms with Crippen molar-refractivity contribution in [3.8, 4) is 11.4 Å². The summed E-state index contributed by atoms with van der Waals surface area (Å²) in [7, 11) is 0. The molecule has 6 aromatic rings. The number of fused-ring (bicyclic) bond motifs is 3. The molecule has 0 saturated carbocycles. The van der Waals surface area contributed by atoms with E-state index in [4.69, 9.17) is 0 Å². The first kappa shape index (κ1) is 18.7. The van der Waals surface area contributed by atoms with Gasteiger partial charge in [-0.1, -0.05) is 24.3 Å². The third-order valence-electron chi connectivity index (χ3n) is 5.45. The molecule has 0 aliphatic rings. The Hall–Kier alpha value is -5.06. The van der Waals surface area contributed by atoms with Crippen LogP contribution in [-0.4, -0.2) is 35.3 Å². The number of rotatable bonds is 4. The van der Waals surface area contributed by atoms with Gasteiger partial charge in [-0.25, -0.2) is 9.97 Å². The summed E-state index contributed by atoms with van der Waals surface area (Å²) in [5.41, 5.74) is 0.964. The zero-order valence-electron chi connectivity index (χ0n) is 16.8. The molecule has 11 nitrogen and oxygen atoms in total. The van der Waals surface area contributed by atoms with Crippen molar-refractivity contribution in [3.05, 3.63) is 81.1 Å². The van der Waals surface area contributed by atoms with Crippen molar-refractivity contribution in [1.29, 1.82) is 0 Å². The Morgan fingerprint density at radius 1 is 0.848 bits per heavy atom. The number of aromatic amines is 3. The largest absolute Gasteiger partial charge is 0.322 e. The fourth-order valence-electron chi connectivity index (χ4n) is 3.95. The maximum atomic E-state index is 12.2. The van der Waals surface area contributed by atoms with E-state index in [2.05, 4.69) is 35.7 Å². The summed E-state index contributed by atoms with van der Waals surface area (Å²) in [4.78, 5) is 32.8. The second kappa shape index (κ2) is 6.99. The second-order valence-electron chi connectivity index (χ2n) is 7.38. The third kappa shape index (κ3) is 2.91. The predicted molar refractivity (Wildman–Crippen MR) is 123 cm³/mol. The molecule has 0 bridgehead atoms. The monoisotopic (exact) mass is 438 g/mol. The maximum Gasteiger partial charge on any atom is 0.295 e. The average molecular weight is 438 g/mol. The van der Waals surface area contributed by atoms with Crippen molar-refractivity contribution in [1.82, 2.24) is 30.4 Å². The SMILES string of the molecule is O=c1[nH][nH]c2ccc(-c3nc(Nc4n[nH]c5ccccc45)c4ccccc4n3)c([N+](=O)[O-])c12. The zero-order chi connectivity index (χ0) is 22.5. The summed E-state index contributed by atoms with van der Waals surface area (Å²) in [5, 5.41) is 29.1. The van der Waals surface area contributed by atoms with E-state index in [1.54, 1.807) is 12.1 Å². The lowest BCUT2D eigenvalue weighted by atomic mass is 10.1. The van der Waals surface area contributed by atoms with Crippen LogP contribution in [-0.2, 0) is 0 Å². The van der Waals surface area contributed by atoms with Crippen molar-refractivity contribution < 1.29 is 4.92 Å². The molecule has 0 spiro atoms. The van der Waals surface area contributed by atoms with Gasteiger partial charge in [0.15, 0.2) is 11.6 Å². The standard InChI is InChI=1S/C22H14N8O3/c31-22-17-16(27-29-22)10-9-13(18(17)30(32)33)20-23-14-7-3-1-5-11(14)19(24-20)25-21-12-6-2-4-8-15(12)26-28-21/h1-10H,(H2,27,29,31)(H2,23,24,25,26,28). The van der Waals surface area contributed by atoms with Gasteiger partial charge in [0.05, 0.1) is 27.0 Å². The van der Waals surface area contributed by atoms with E-state index in [1.807, 2.05) is 42.5 Å². The van der Waals surface area contributed by atoms with E-state index in [9.17, 15) is 14.9 Å². The lowest BCUT2D eigenvalue weighted by Gasteiger charge is -2.10. The summed E-state index contributed by atoms with van der Waals surface area (Å²) < 4.78 is 0. The molecule has 0 atom stereocenters. The van der Waals surface area contributed by atoms with Gasteiger partial charge in [-0.3, -0.25) is 30.2 Å². The summed E-state index contributed by atoms with van der Waals surface area (Å²) in [6.07, 6.45) is 0. The topological polar surface area (TPSA) is 158 Å². The summed E-state index contributed by atoms with van der Waals surface area (Å²) in [6, 6.07) is 18.1. The molecule has 160 valence electrons. The van der Waals surface area contributed by atoms with Gasteiger partial charge >= 0.3 is 0 Å². The second-order valence-corrected chi connectivity index (χ2v) is 7.38. The molecule has 4 N–H and O–H groups in total. The third-order valence-corrected chi connectivity index (χ3v) is 5.45. The fraction of sp³-hybridized carbons (Fsp3) is 0. The Morgan fingerprint density at radius 3 is 2.48 bits per heavy atom. The van der Waals surface area contributed by atoms with E-state index in [1.165, 1.54) is 6.07 Å². The highest BCUT2D eigenvalue weighted by Crippen LogP contribution is 2.35. The predicted octanol–water partition coefficient (Wildman–Crippen LogP) is 3.99. The number of aromatic nitrogens is 6. The molecule has 6 rings (SSSR count). The Labute approximate surface area is 183 Å². The van der Waals surface area contributed by atoms with E-state index in [0.717, 1.165) is 16.3 Å².